The fraction of sp³-hybridized carbons (Fsp3) is 0.500. The van der Waals surface area contributed by atoms with Crippen molar-refractivity contribution in [1.29, 1.82) is 0 Å². The first-order valence-corrected chi connectivity index (χ1v) is 8.84. The predicted molar refractivity (Wildman–Crippen MR) is 96.3 cm³/mol. The van der Waals surface area contributed by atoms with Gasteiger partial charge in [0.1, 0.15) is 0 Å². The van der Waals surface area contributed by atoms with Crippen molar-refractivity contribution < 1.29 is 4.74 Å². The maximum Gasteiger partial charge on any atom is 0.0594 e. The van der Waals surface area contributed by atoms with Gasteiger partial charge in [0.15, 0.2) is 0 Å². The minimum Gasteiger partial charge on any atom is -0.379 e. The second-order valence-electron chi connectivity index (χ2n) is 6.27. The van der Waals surface area contributed by atoms with Crippen LogP contribution in [0, 0.1) is 6.92 Å². The number of aromatic nitrogens is 2. The molecular formula is C18H25ClN4O. The molecule has 2 heterocycles. The van der Waals surface area contributed by atoms with Gasteiger partial charge in [0.05, 0.1) is 19.4 Å². The van der Waals surface area contributed by atoms with Crippen molar-refractivity contribution in [1.82, 2.24) is 20.4 Å². The first-order chi connectivity index (χ1) is 11.7. The molecular weight excluding hydrogens is 324 g/mol. The minimum atomic E-state index is 0.231. The molecule has 0 radical (unpaired) electrons. The second-order valence-corrected chi connectivity index (χ2v) is 6.67. The third-order valence-corrected chi connectivity index (χ3v) is 5.05. The Bertz CT molecular complexity index is 654. The lowest BCUT2D eigenvalue weighted by Crippen LogP contribution is -2.43. The van der Waals surface area contributed by atoms with E-state index in [1.54, 1.807) is 0 Å². The molecule has 2 aromatic rings. The van der Waals surface area contributed by atoms with Gasteiger partial charge in [0, 0.05) is 48.0 Å². The number of rotatable bonds is 6. The molecule has 24 heavy (non-hydrogen) atoms. The Morgan fingerprint density at radius 2 is 2.04 bits per heavy atom. The van der Waals surface area contributed by atoms with Crippen LogP contribution in [0.3, 0.4) is 0 Å². The van der Waals surface area contributed by atoms with Crippen molar-refractivity contribution in [3.8, 4) is 0 Å². The Hall–Kier alpha value is -1.40. The first-order valence-electron chi connectivity index (χ1n) is 8.46. The molecule has 1 aromatic heterocycles. The van der Waals surface area contributed by atoms with E-state index < -0.39 is 0 Å². The minimum absolute atomic E-state index is 0.231. The van der Waals surface area contributed by atoms with Gasteiger partial charge in [-0.3, -0.25) is 10.00 Å². The van der Waals surface area contributed by atoms with Crippen molar-refractivity contribution in [2.45, 2.75) is 25.9 Å². The lowest BCUT2D eigenvalue weighted by molar-refractivity contribution is 0.0157. The molecule has 1 saturated heterocycles. The number of aromatic amines is 1. The molecule has 2 N–H and O–H groups in total. The van der Waals surface area contributed by atoms with Crippen LogP contribution >= 0.6 is 11.6 Å². The van der Waals surface area contributed by atoms with Crippen molar-refractivity contribution in [3.63, 3.8) is 0 Å². The fourth-order valence-corrected chi connectivity index (χ4v) is 3.53. The Morgan fingerprint density at radius 1 is 1.29 bits per heavy atom. The summed E-state index contributed by atoms with van der Waals surface area (Å²) in [5.41, 5.74) is 3.48. The van der Waals surface area contributed by atoms with Crippen molar-refractivity contribution >= 4 is 11.6 Å². The second kappa shape index (κ2) is 8.12. The molecule has 3 rings (SSSR count). The molecule has 2 atom stereocenters. The molecule has 1 aliphatic heterocycles. The third-order valence-electron chi connectivity index (χ3n) is 4.70. The van der Waals surface area contributed by atoms with E-state index in [4.69, 9.17) is 16.3 Å². The van der Waals surface area contributed by atoms with Gasteiger partial charge in [-0.1, -0.05) is 29.8 Å². The SMILES string of the molecule is Cc1[nH]ncc1[C@H](C)NC[C@H](c1ccccc1Cl)N1CCOCC1. The van der Waals surface area contributed by atoms with E-state index >= 15 is 0 Å². The first kappa shape index (κ1) is 17.4. The molecule has 6 heteroatoms. The van der Waals surface area contributed by atoms with Crippen LogP contribution in [0.15, 0.2) is 30.5 Å². The Morgan fingerprint density at radius 3 is 2.71 bits per heavy atom. The monoisotopic (exact) mass is 348 g/mol. The Labute approximate surface area is 148 Å². The van der Waals surface area contributed by atoms with Crippen LogP contribution in [0.5, 0.6) is 0 Å². The van der Waals surface area contributed by atoms with E-state index in [2.05, 4.69) is 39.5 Å². The Kier molecular flexibility index (Phi) is 5.89. The lowest BCUT2D eigenvalue weighted by atomic mass is 10.0. The van der Waals surface area contributed by atoms with Gasteiger partial charge in [0.25, 0.3) is 0 Å². The third kappa shape index (κ3) is 3.98. The van der Waals surface area contributed by atoms with Gasteiger partial charge < -0.3 is 10.1 Å². The smallest absolute Gasteiger partial charge is 0.0594 e. The number of morpholine rings is 1. The highest BCUT2D eigenvalue weighted by molar-refractivity contribution is 6.31. The van der Waals surface area contributed by atoms with E-state index in [-0.39, 0.29) is 12.1 Å². The maximum absolute atomic E-state index is 6.48. The van der Waals surface area contributed by atoms with Crippen LogP contribution in [-0.2, 0) is 4.74 Å². The van der Waals surface area contributed by atoms with Crippen LogP contribution in [0.4, 0.5) is 0 Å². The standard InChI is InChI=1S/C18H25ClN4O/c1-13(16-11-21-22-14(16)2)20-12-18(23-7-9-24-10-8-23)15-5-3-4-6-17(15)19/h3-6,11,13,18,20H,7-10,12H2,1-2H3,(H,21,22)/t13-,18+/m0/s1. The largest absolute Gasteiger partial charge is 0.379 e. The number of nitrogens with zero attached hydrogens (tertiary/aromatic N) is 2. The predicted octanol–water partition coefficient (Wildman–Crippen LogP) is 3.10. The quantitative estimate of drug-likeness (QED) is 0.842. The average molecular weight is 349 g/mol. The fourth-order valence-electron chi connectivity index (χ4n) is 3.27. The summed E-state index contributed by atoms with van der Waals surface area (Å²) in [6.07, 6.45) is 1.90. The highest BCUT2D eigenvalue weighted by Gasteiger charge is 2.25. The number of ether oxygens (including phenoxy) is 1. The number of aryl methyl sites for hydroxylation is 1. The summed E-state index contributed by atoms with van der Waals surface area (Å²) in [7, 11) is 0. The van der Waals surface area contributed by atoms with Crippen molar-refractivity contribution in [3.05, 3.63) is 52.3 Å². The van der Waals surface area contributed by atoms with Gasteiger partial charge >= 0.3 is 0 Å². The molecule has 1 fully saturated rings. The van der Waals surface area contributed by atoms with Gasteiger partial charge in [-0.25, -0.2) is 0 Å². The zero-order valence-electron chi connectivity index (χ0n) is 14.3. The zero-order chi connectivity index (χ0) is 16.9. The summed E-state index contributed by atoms with van der Waals surface area (Å²) in [5.74, 6) is 0. The molecule has 0 saturated carbocycles. The average Bonchev–Trinajstić information content (AvgIpc) is 3.03. The molecule has 0 unspecified atom stereocenters. The van der Waals surface area contributed by atoms with Crippen molar-refractivity contribution in [2.75, 3.05) is 32.8 Å². The van der Waals surface area contributed by atoms with Crippen molar-refractivity contribution in [2.24, 2.45) is 0 Å². The number of benzene rings is 1. The summed E-state index contributed by atoms with van der Waals surface area (Å²) < 4.78 is 5.51. The number of hydrogen-bond acceptors (Lipinski definition) is 4. The van der Waals surface area contributed by atoms with Crippen LogP contribution in [0.2, 0.25) is 5.02 Å². The normalized spacial score (nSPS) is 18.5. The molecule has 5 nitrogen and oxygen atoms in total. The number of nitrogens with one attached hydrogen (secondary N) is 2. The number of hydrogen-bond donors (Lipinski definition) is 2. The zero-order valence-corrected chi connectivity index (χ0v) is 15.0. The van der Waals surface area contributed by atoms with E-state index in [1.165, 1.54) is 11.1 Å². The van der Waals surface area contributed by atoms with Gasteiger partial charge in [-0.15, -0.1) is 0 Å². The summed E-state index contributed by atoms with van der Waals surface area (Å²) in [5, 5.41) is 11.6. The van der Waals surface area contributed by atoms with Gasteiger partial charge in [0.2, 0.25) is 0 Å². The maximum atomic E-state index is 6.48. The molecule has 130 valence electrons. The number of H-pyrrole nitrogens is 1. The van der Waals surface area contributed by atoms with Gasteiger partial charge in [-0.05, 0) is 25.5 Å². The summed E-state index contributed by atoms with van der Waals surface area (Å²) in [6.45, 7) is 8.45. The summed E-state index contributed by atoms with van der Waals surface area (Å²) in [4.78, 5) is 2.45. The molecule has 0 aliphatic carbocycles. The topological polar surface area (TPSA) is 53.2 Å². The van der Waals surface area contributed by atoms with Crippen LogP contribution in [0.25, 0.3) is 0 Å². The lowest BCUT2D eigenvalue weighted by Gasteiger charge is -2.36. The molecule has 0 spiro atoms. The summed E-state index contributed by atoms with van der Waals surface area (Å²) in [6, 6.07) is 8.59. The number of halogens is 1. The van der Waals surface area contributed by atoms with E-state index in [0.717, 1.165) is 43.6 Å². The molecule has 0 amide bonds. The molecule has 1 aliphatic rings. The Balaban J connectivity index is 1.75. The highest BCUT2D eigenvalue weighted by Crippen LogP contribution is 2.28. The van der Waals surface area contributed by atoms with E-state index in [9.17, 15) is 0 Å². The van der Waals surface area contributed by atoms with Crippen LogP contribution < -0.4 is 5.32 Å². The van der Waals surface area contributed by atoms with Crippen LogP contribution in [-0.4, -0.2) is 47.9 Å². The highest BCUT2D eigenvalue weighted by atomic mass is 35.5. The van der Waals surface area contributed by atoms with E-state index in [0.29, 0.717) is 0 Å². The van der Waals surface area contributed by atoms with Gasteiger partial charge in [-0.2, -0.15) is 5.10 Å². The van der Waals surface area contributed by atoms with Crippen LogP contribution in [0.1, 0.15) is 35.8 Å². The summed E-state index contributed by atoms with van der Waals surface area (Å²) >= 11 is 6.48. The molecule has 1 aromatic carbocycles. The van der Waals surface area contributed by atoms with E-state index in [1.807, 2.05) is 25.3 Å². The molecule has 0 bridgehead atoms.